The Hall–Kier alpha value is -9.13. The van der Waals surface area contributed by atoms with Crippen molar-refractivity contribution >= 4 is 43.6 Å². The third-order valence-corrected chi connectivity index (χ3v) is 13.6. The monoisotopic (exact) mass is 949 g/mol. The van der Waals surface area contributed by atoms with Crippen LogP contribution in [0.25, 0.3) is 111 Å². The van der Waals surface area contributed by atoms with E-state index in [9.17, 15) is 5.26 Å². The first kappa shape index (κ1) is 44.1. The Bertz CT molecular complexity index is 3880. The molecule has 0 fully saturated rings. The van der Waals surface area contributed by atoms with Gasteiger partial charge in [-0.3, -0.25) is 0 Å². The van der Waals surface area contributed by atoms with Crippen LogP contribution in [0, 0.1) is 11.3 Å². The molecule has 0 aliphatic rings. The van der Waals surface area contributed by atoms with Gasteiger partial charge in [0, 0.05) is 32.7 Å². The van der Waals surface area contributed by atoms with Gasteiger partial charge in [0.1, 0.15) is 6.07 Å². The van der Waals surface area contributed by atoms with E-state index in [1.54, 1.807) is 4.57 Å². The van der Waals surface area contributed by atoms with Crippen molar-refractivity contribution < 1.29 is 26.3 Å². The highest BCUT2D eigenvalue weighted by Crippen LogP contribution is 2.50. The molecule has 12 rings (SSSR count). The average Bonchev–Trinajstić information content (AvgIpc) is 3.91. The minimum atomic E-state index is -5.23. The number of benzene rings is 10. The molecule has 346 valence electrons. The smallest absolute Gasteiger partial charge is 0.309 e. The van der Waals surface area contributed by atoms with E-state index in [4.69, 9.17) is 0 Å². The Morgan fingerprint density at radius 2 is 0.639 bits per heavy atom. The molecule has 12 aromatic rings. The minimum absolute atomic E-state index is 0.0225. The molecule has 3 nitrogen and oxygen atoms in total. The molecule has 0 unspecified atom stereocenters. The molecule has 10 aromatic carbocycles. The van der Waals surface area contributed by atoms with Gasteiger partial charge in [0.2, 0.25) is 0 Å². The van der Waals surface area contributed by atoms with E-state index in [2.05, 4.69) is 6.07 Å². The third kappa shape index (κ3) is 7.47. The molecule has 0 saturated heterocycles. The van der Waals surface area contributed by atoms with Crippen LogP contribution in [0.5, 0.6) is 0 Å². The molecule has 0 bridgehead atoms. The van der Waals surface area contributed by atoms with Crippen LogP contribution < -0.4 is 0 Å². The Morgan fingerprint density at radius 1 is 0.319 bits per heavy atom. The van der Waals surface area contributed by atoms with Gasteiger partial charge in [0.25, 0.3) is 0 Å². The lowest BCUT2D eigenvalue weighted by Gasteiger charge is -2.24. The summed E-state index contributed by atoms with van der Waals surface area (Å²) in [5.41, 5.74) is 4.65. The van der Waals surface area contributed by atoms with Gasteiger partial charge in [-0.15, -0.1) is 0 Å². The van der Waals surface area contributed by atoms with Gasteiger partial charge in [-0.2, -0.15) is 31.6 Å². The van der Waals surface area contributed by atoms with Crippen LogP contribution >= 0.6 is 0 Å². The summed E-state index contributed by atoms with van der Waals surface area (Å²) in [5.74, 6) is 0. The normalized spacial score (nSPS) is 12.0. The van der Waals surface area contributed by atoms with Crippen molar-refractivity contribution in [3.8, 4) is 73.1 Å². The lowest BCUT2D eigenvalue weighted by molar-refractivity contribution is -0.142. The van der Waals surface area contributed by atoms with Crippen molar-refractivity contribution in [2.75, 3.05) is 0 Å². The van der Waals surface area contributed by atoms with E-state index in [-0.39, 0.29) is 22.5 Å². The molecule has 2 aromatic heterocycles. The average molecular weight is 950 g/mol. The van der Waals surface area contributed by atoms with E-state index in [1.165, 1.54) is 12.1 Å². The number of halogens is 6. The van der Waals surface area contributed by atoms with Crippen LogP contribution in [0.15, 0.2) is 224 Å². The van der Waals surface area contributed by atoms with Crippen molar-refractivity contribution in [2.24, 2.45) is 0 Å². The number of hydrogen-bond acceptors (Lipinski definition) is 1. The zero-order valence-corrected chi connectivity index (χ0v) is 38.0. The number of fused-ring (bicyclic) bond motifs is 6. The van der Waals surface area contributed by atoms with Gasteiger partial charge in [0.15, 0.2) is 0 Å². The van der Waals surface area contributed by atoms with E-state index in [0.717, 1.165) is 61.3 Å². The number of rotatable bonds is 7. The Labute approximate surface area is 409 Å². The molecule has 2 heterocycles. The van der Waals surface area contributed by atoms with Crippen LogP contribution in [0.1, 0.15) is 16.7 Å². The highest BCUT2D eigenvalue weighted by Gasteiger charge is 2.42. The fourth-order valence-corrected chi connectivity index (χ4v) is 10.3. The predicted molar refractivity (Wildman–Crippen MR) is 277 cm³/mol. The molecular weight excluding hydrogens is 913 g/mol. The van der Waals surface area contributed by atoms with Crippen LogP contribution in [-0.4, -0.2) is 9.13 Å². The Balaban J connectivity index is 1.26. The number of alkyl halides is 6. The highest BCUT2D eigenvalue weighted by atomic mass is 19.4. The van der Waals surface area contributed by atoms with Crippen LogP contribution in [0.4, 0.5) is 26.3 Å². The van der Waals surface area contributed by atoms with Crippen molar-refractivity contribution in [1.29, 1.82) is 5.26 Å². The summed E-state index contributed by atoms with van der Waals surface area (Å²) in [6.45, 7) is 0. The quantitative estimate of drug-likeness (QED) is 0.147. The minimum Gasteiger partial charge on any atom is -0.309 e. The summed E-state index contributed by atoms with van der Waals surface area (Å²) < 4.78 is 97.6. The molecule has 0 radical (unpaired) electrons. The first-order chi connectivity index (χ1) is 34.9. The zero-order chi connectivity index (χ0) is 49.3. The number of nitrogens with zero attached hydrogens (tertiary/aromatic N) is 3. The molecule has 0 atom stereocenters. The van der Waals surface area contributed by atoms with E-state index >= 15 is 26.3 Å². The third-order valence-electron chi connectivity index (χ3n) is 13.6. The van der Waals surface area contributed by atoms with Crippen LogP contribution in [0.3, 0.4) is 0 Å². The van der Waals surface area contributed by atoms with E-state index in [0.29, 0.717) is 45.0 Å². The first-order valence-corrected chi connectivity index (χ1v) is 23.2. The van der Waals surface area contributed by atoms with Crippen molar-refractivity contribution in [3.63, 3.8) is 0 Å². The van der Waals surface area contributed by atoms with Crippen molar-refractivity contribution in [1.82, 2.24) is 9.13 Å². The van der Waals surface area contributed by atoms with E-state index in [1.807, 2.05) is 199 Å². The predicted octanol–water partition coefficient (Wildman–Crippen LogP) is 18.1. The maximum atomic E-state index is 15.7. The highest BCUT2D eigenvalue weighted by molar-refractivity contribution is 6.13. The second kappa shape index (κ2) is 17.1. The number of nitriles is 1. The largest absolute Gasteiger partial charge is 0.417 e. The number of hydrogen-bond donors (Lipinski definition) is 0. The summed E-state index contributed by atoms with van der Waals surface area (Å²) in [7, 11) is 0. The van der Waals surface area contributed by atoms with Crippen LogP contribution in [0.2, 0.25) is 0 Å². The maximum absolute atomic E-state index is 15.7. The topological polar surface area (TPSA) is 33.6 Å². The van der Waals surface area contributed by atoms with Gasteiger partial charge in [-0.05, 0) is 93.0 Å². The summed E-state index contributed by atoms with van der Waals surface area (Å²) in [4.78, 5) is 0. The van der Waals surface area contributed by atoms with Crippen molar-refractivity contribution in [2.45, 2.75) is 12.4 Å². The Kier molecular flexibility index (Phi) is 10.5. The molecule has 0 N–H and O–H groups in total. The lowest BCUT2D eigenvalue weighted by Crippen LogP contribution is -2.15. The molecule has 0 aliphatic heterocycles. The maximum Gasteiger partial charge on any atom is 0.417 e. The first-order valence-electron chi connectivity index (χ1n) is 23.2. The van der Waals surface area contributed by atoms with Gasteiger partial charge in [-0.1, -0.05) is 176 Å². The van der Waals surface area contributed by atoms with Crippen molar-refractivity contribution in [3.05, 3.63) is 241 Å². The summed E-state index contributed by atoms with van der Waals surface area (Å²) in [5, 5.41) is 14.4. The SMILES string of the molecule is N#Cc1cc(-n2c3cc(-c4ccccc4)ccc3c3ccc(-c4ccccc4)cc32)c(-c2c(C(F)(F)F)cccc2C(F)(F)F)cc1-n1c2cc(-c3ccccc3)ccc2c2ccc(-c3ccccc3)cc21. The Morgan fingerprint density at radius 3 is 0.944 bits per heavy atom. The summed E-state index contributed by atoms with van der Waals surface area (Å²) in [6, 6.07) is 69.1. The van der Waals surface area contributed by atoms with Gasteiger partial charge < -0.3 is 9.13 Å². The fraction of sp³-hybridized carbons (Fsp3) is 0.0317. The second-order valence-corrected chi connectivity index (χ2v) is 17.8. The summed E-state index contributed by atoms with van der Waals surface area (Å²) >= 11 is 0. The molecule has 0 aliphatic carbocycles. The molecular formula is C63H37F6N3. The van der Waals surface area contributed by atoms with Gasteiger partial charge >= 0.3 is 12.4 Å². The van der Waals surface area contributed by atoms with Gasteiger partial charge in [-0.25, -0.2) is 0 Å². The van der Waals surface area contributed by atoms with Gasteiger partial charge in [0.05, 0.1) is 50.1 Å². The summed E-state index contributed by atoms with van der Waals surface area (Å²) in [6.07, 6.45) is -10.5. The van der Waals surface area contributed by atoms with E-state index < -0.39 is 29.0 Å². The molecule has 0 saturated carbocycles. The lowest BCUT2D eigenvalue weighted by atomic mass is 9.90. The second-order valence-electron chi connectivity index (χ2n) is 17.8. The standard InChI is InChI=1S/C63H37F6N3/c64-62(65,66)53-22-13-23-54(63(67,68)69)61(53)52-37-55(71-56-32-43(39-14-5-1-6-15-39)24-28-48(56)49-29-25-44(33-57(49)71)40-16-7-2-8-17-40)47(38-70)36-60(52)72-58-34-45(41-18-9-3-10-19-41)26-30-50(58)51-31-27-46(35-59(51)72)42-20-11-4-12-21-42/h1-37H. The molecule has 72 heavy (non-hydrogen) atoms. The fourth-order valence-electron chi connectivity index (χ4n) is 10.3. The zero-order valence-electron chi connectivity index (χ0n) is 38.0. The molecule has 0 spiro atoms. The molecule has 9 heteroatoms. The van der Waals surface area contributed by atoms with Crippen LogP contribution in [-0.2, 0) is 12.4 Å². The number of aromatic nitrogens is 2. The molecule has 0 amide bonds.